The molecule has 13 heavy (non-hydrogen) atoms. The van der Waals surface area contributed by atoms with Gasteiger partial charge < -0.3 is 15.3 Å². The van der Waals surface area contributed by atoms with Crippen LogP contribution in [0.2, 0.25) is 0 Å². The van der Waals surface area contributed by atoms with Gasteiger partial charge in [-0.1, -0.05) is 0 Å². The minimum Gasteiger partial charge on any atom is -0.389 e. The Morgan fingerprint density at radius 1 is 1.54 bits per heavy atom. The molecular formula is C9H20N2O2. The number of likely N-dealkylation sites (N-methyl/N-ethyl adjacent to an activating group) is 1. The number of carbonyl (C=O) groups is 1. The van der Waals surface area contributed by atoms with E-state index in [9.17, 15) is 9.90 Å². The van der Waals surface area contributed by atoms with Crippen molar-refractivity contribution in [1.29, 1.82) is 0 Å². The van der Waals surface area contributed by atoms with Crippen molar-refractivity contribution in [3.8, 4) is 0 Å². The fourth-order valence-corrected chi connectivity index (χ4v) is 1.09. The maximum atomic E-state index is 11.4. The van der Waals surface area contributed by atoms with Crippen LogP contribution in [0.15, 0.2) is 0 Å². The number of nitrogens with zero attached hydrogens (tertiary/aromatic N) is 1. The molecule has 4 nitrogen and oxygen atoms in total. The van der Waals surface area contributed by atoms with Crippen molar-refractivity contribution < 1.29 is 9.90 Å². The molecule has 0 radical (unpaired) electrons. The van der Waals surface area contributed by atoms with Gasteiger partial charge in [0.1, 0.15) is 0 Å². The Labute approximate surface area is 79.9 Å². The fraction of sp³-hybridized carbons (Fsp3) is 0.889. The van der Waals surface area contributed by atoms with Crippen LogP contribution in [0.1, 0.15) is 20.3 Å². The number of amides is 1. The first-order valence-corrected chi connectivity index (χ1v) is 4.48. The third kappa shape index (κ3) is 6.54. The van der Waals surface area contributed by atoms with E-state index in [0.29, 0.717) is 19.5 Å². The van der Waals surface area contributed by atoms with Crippen LogP contribution < -0.4 is 5.32 Å². The number of hydrogen-bond donors (Lipinski definition) is 2. The van der Waals surface area contributed by atoms with Gasteiger partial charge in [-0.05, 0) is 20.9 Å². The Hall–Kier alpha value is -0.610. The third-order valence-electron chi connectivity index (χ3n) is 1.64. The Morgan fingerprint density at radius 3 is 2.46 bits per heavy atom. The zero-order valence-electron chi connectivity index (χ0n) is 8.92. The van der Waals surface area contributed by atoms with Crippen molar-refractivity contribution in [2.75, 3.05) is 27.2 Å². The van der Waals surface area contributed by atoms with E-state index in [1.54, 1.807) is 25.8 Å². The van der Waals surface area contributed by atoms with Crippen LogP contribution in [0.25, 0.3) is 0 Å². The Bertz CT molecular complexity index is 163. The van der Waals surface area contributed by atoms with E-state index in [4.69, 9.17) is 0 Å². The maximum absolute atomic E-state index is 11.4. The SMILES string of the molecule is CNCCC(=O)N(C)CC(C)(C)O. The Morgan fingerprint density at radius 2 is 2.08 bits per heavy atom. The van der Waals surface area contributed by atoms with Crippen molar-refractivity contribution in [2.24, 2.45) is 0 Å². The topological polar surface area (TPSA) is 52.6 Å². The molecule has 0 saturated heterocycles. The molecule has 4 heteroatoms. The van der Waals surface area contributed by atoms with E-state index in [-0.39, 0.29) is 5.91 Å². The number of hydrogen-bond acceptors (Lipinski definition) is 3. The van der Waals surface area contributed by atoms with Crippen LogP contribution in [0.5, 0.6) is 0 Å². The molecule has 0 aromatic rings. The number of aliphatic hydroxyl groups is 1. The highest BCUT2D eigenvalue weighted by molar-refractivity contribution is 5.76. The van der Waals surface area contributed by atoms with E-state index in [1.807, 2.05) is 7.05 Å². The molecule has 0 rings (SSSR count). The van der Waals surface area contributed by atoms with Gasteiger partial charge in [-0.25, -0.2) is 0 Å². The molecule has 0 aliphatic carbocycles. The normalized spacial score (nSPS) is 11.5. The lowest BCUT2D eigenvalue weighted by atomic mass is 10.1. The summed E-state index contributed by atoms with van der Waals surface area (Å²) in [7, 11) is 3.51. The first-order valence-electron chi connectivity index (χ1n) is 4.48. The minimum absolute atomic E-state index is 0.0523. The van der Waals surface area contributed by atoms with Gasteiger partial charge >= 0.3 is 0 Å². The van der Waals surface area contributed by atoms with Crippen molar-refractivity contribution in [3.05, 3.63) is 0 Å². The first-order chi connectivity index (χ1) is 5.87. The van der Waals surface area contributed by atoms with Gasteiger partial charge in [-0.15, -0.1) is 0 Å². The lowest BCUT2D eigenvalue weighted by Crippen LogP contribution is -2.40. The molecule has 0 spiro atoms. The standard InChI is InChI=1S/C9H20N2O2/c1-9(2,13)7-11(4)8(12)5-6-10-3/h10,13H,5-7H2,1-4H3. The van der Waals surface area contributed by atoms with Gasteiger partial charge in [0.2, 0.25) is 5.91 Å². The van der Waals surface area contributed by atoms with Crippen LogP contribution >= 0.6 is 0 Å². The average Bonchev–Trinajstić information content (AvgIpc) is 1.96. The first kappa shape index (κ1) is 12.4. The average molecular weight is 188 g/mol. The van der Waals surface area contributed by atoms with Crippen molar-refractivity contribution in [2.45, 2.75) is 25.9 Å². The van der Waals surface area contributed by atoms with Crippen LogP contribution in [-0.2, 0) is 4.79 Å². The molecule has 0 aromatic heterocycles. The van der Waals surface area contributed by atoms with E-state index in [0.717, 1.165) is 0 Å². The molecule has 0 saturated carbocycles. The highest BCUT2D eigenvalue weighted by Gasteiger charge is 2.18. The number of nitrogens with one attached hydrogen (secondary N) is 1. The molecule has 0 heterocycles. The summed E-state index contributed by atoms with van der Waals surface area (Å²) >= 11 is 0. The molecule has 1 amide bonds. The Kier molecular flexibility index (Phi) is 4.95. The summed E-state index contributed by atoms with van der Waals surface area (Å²) in [6, 6.07) is 0. The van der Waals surface area contributed by atoms with E-state index in [1.165, 1.54) is 0 Å². The van der Waals surface area contributed by atoms with E-state index >= 15 is 0 Å². The van der Waals surface area contributed by atoms with Gasteiger partial charge in [0.05, 0.1) is 5.60 Å². The lowest BCUT2D eigenvalue weighted by Gasteiger charge is -2.25. The molecule has 0 aromatic carbocycles. The Balaban J connectivity index is 3.83. The second kappa shape index (κ2) is 5.19. The molecule has 0 atom stereocenters. The zero-order valence-corrected chi connectivity index (χ0v) is 8.92. The quantitative estimate of drug-likeness (QED) is 0.629. The summed E-state index contributed by atoms with van der Waals surface area (Å²) in [5, 5.41) is 12.4. The summed E-state index contributed by atoms with van der Waals surface area (Å²) in [5.41, 5.74) is -0.815. The summed E-state index contributed by atoms with van der Waals surface area (Å²) in [6.07, 6.45) is 0.475. The highest BCUT2D eigenvalue weighted by Crippen LogP contribution is 2.03. The molecule has 0 aliphatic rings. The van der Waals surface area contributed by atoms with Crippen molar-refractivity contribution >= 4 is 5.91 Å². The summed E-state index contributed by atoms with van der Waals surface area (Å²) < 4.78 is 0. The second-order valence-electron chi connectivity index (χ2n) is 3.92. The highest BCUT2D eigenvalue weighted by atomic mass is 16.3. The smallest absolute Gasteiger partial charge is 0.223 e. The molecule has 0 unspecified atom stereocenters. The predicted molar refractivity (Wildman–Crippen MR) is 52.5 cm³/mol. The van der Waals surface area contributed by atoms with Crippen molar-refractivity contribution in [1.82, 2.24) is 10.2 Å². The van der Waals surface area contributed by atoms with E-state index in [2.05, 4.69) is 5.32 Å². The molecular weight excluding hydrogens is 168 g/mol. The third-order valence-corrected chi connectivity index (χ3v) is 1.64. The summed E-state index contributed by atoms with van der Waals surface area (Å²) in [6.45, 7) is 4.42. The van der Waals surface area contributed by atoms with Gasteiger partial charge in [0.15, 0.2) is 0 Å². The predicted octanol–water partition coefficient (Wildman–Crippen LogP) is -0.175. The second-order valence-corrected chi connectivity index (χ2v) is 3.92. The number of carbonyl (C=O) groups excluding carboxylic acids is 1. The van der Waals surface area contributed by atoms with Gasteiger partial charge in [-0.3, -0.25) is 4.79 Å². The molecule has 78 valence electrons. The van der Waals surface area contributed by atoms with Gasteiger partial charge in [-0.2, -0.15) is 0 Å². The van der Waals surface area contributed by atoms with Crippen LogP contribution in [-0.4, -0.2) is 48.7 Å². The zero-order chi connectivity index (χ0) is 10.5. The molecule has 2 N–H and O–H groups in total. The van der Waals surface area contributed by atoms with Crippen LogP contribution in [0, 0.1) is 0 Å². The summed E-state index contributed by atoms with van der Waals surface area (Å²) in [4.78, 5) is 12.9. The van der Waals surface area contributed by atoms with Crippen LogP contribution in [0.3, 0.4) is 0 Å². The van der Waals surface area contributed by atoms with Gasteiger partial charge in [0, 0.05) is 26.6 Å². The molecule has 0 aliphatic heterocycles. The van der Waals surface area contributed by atoms with Crippen LogP contribution in [0.4, 0.5) is 0 Å². The van der Waals surface area contributed by atoms with Gasteiger partial charge in [0.25, 0.3) is 0 Å². The fourth-order valence-electron chi connectivity index (χ4n) is 1.09. The van der Waals surface area contributed by atoms with E-state index < -0.39 is 5.60 Å². The lowest BCUT2D eigenvalue weighted by molar-refractivity contribution is -0.132. The molecule has 0 fully saturated rings. The van der Waals surface area contributed by atoms with Crippen molar-refractivity contribution in [3.63, 3.8) is 0 Å². The monoisotopic (exact) mass is 188 g/mol. The minimum atomic E-state index is -0.815. The largest absolute Gasteiger partial charge is 0.389 e. The summed E-state index contributed by atoms with van der Waals surface area (Å²) in [5.74, 6) is 0.0523. The number of rotatable bonds is 5. The maximum Gasteiger partial charge on any atom is 0.223 e. The molecule has 0 bridgehead atoms.